The molecule has 1 saturated heterocycles. The Balaban J connectivity index is 1.86. The van der Waals surface area contributed by atoms with Crippen LogP contribution in [0.2, 0.25) is 5.02 Å². The van der Waals surface area contributed by atoms with Crippen LogP contribution in [0, 0.1) is 0 Å². The molecule has 1 atom stereocenters. The lowest BCUT2D eigenvalue weighted by atomic mass is 10.1. The Hall–Kier alpha value is -2.09. The summed E-state index contributed by atoms with van der Waals surface area (Å²) in [6, 6.07) is 11.4. The number of benzene rings is 2. The van der Waals surface area contributed by atoms with Crippen molar-refractivity contribution >= 4 is 27.5 Å². The molecule has 1 aliphatic rings. The minimum atomic E-state index is -3.71. The van der Waals surface area contributed by atoms with Crippen LogP contribution in [0.25, 0.3) is 0 Å². The third-order valence-electron chi connectivity index (χ3n) is 4.83. The highest BCUT2D eigenvalue weighted by Crippen LogP contribution is 2.30. The normalized spacial score (nSPS) is 16.0. The number of amides is 1. The number of carbonyl (C=O) groups excluding carboxylic acids is 1. The topological polar surface area (TPSA) is 75.7 Å². The van der Waals surface area contributed by atoms with Gasteiger partial charge in [-0.05, 0) is 55.7 Å². The number of nitrogens with one attached hydrogen (secondary N) is 1. The number of ether oxygens (including phenoxy) is 1. The average molecular weight is 423 g/mol. The van der Waals surface area contributed by atoms with Crippen molar-refractivity contribution in [1.29, 1.82) is 0 Å². The van der Waals surface area contributed by atoms with E-state index in [1.165, 1.54) is 23.5 Å². The summed E-state index contributed by atoms with van der Waals surface area (Å²) in [4.78, 5) is 12.7. The van der Waals surface area contributed by atoms with Crippen molar-refractivity contribution in [3.63, 3.8) is 0 Å². The van der Waals surface area contributed by atoms with Crippen molar-refractivity contribution in [3.05, 3.63) is 58.6 Å². The predicted octanol–water partition coefficient (Wildman–Crippen LogP) is 3.62. The SMILES string of the molecule is COc1ccc(C(=O)N[C@@H](C)c2ccc(Cl)cc2)cc1S(=O)(=O)N1CCCC1. The molecule has 0 aliphatic carbocycles. The second-order valence-electron chi connectivity index (χ2n) is 6.72. The van der Waals surface area contributed by atoms with Gasteiger partial charge in [-0.1, -0.05) is 23.7 Å². The van der Waals surface area contributed by atoms with Crippen molar-refractivity contribution in [1.82, 2.24) is 9.62 Å². The lowest BCUT2D eigenvalue weighted by molar-refractivity contribution is 0.0939. The summed E-state index contributed by atoms with van der Waals surface area (Å²) in [6.45, 7) is 2.82. The monoisotopic (exact) mass is 422 g/mol. The van der Waals surface area contributed by atoms with E-state index in [0.29, 0.717) is 18.1 Å². The maximum absolute atomic E-state index is 13.0. The lowest BCUT2D eigenvalue weighted by Crippen LogP contribution is -2.29. The van der Waals surface area contributed by atoms with Gasteiger partial charge in [0, 0.05) is 23.7 Å². The number of halogens is 1. The fraction of sp³-hybridized carbons (Fsp3) is 0.350. The molecule has 1 fully saturated rings. The summed E-state index contributed by atoms with van der Waals surface area (Å²) in [6.07, 6.45) is 1.67. The smallest absolute Gasteiger partial charge is 0.251 e. The molecule has 150 valence electrons. The van der Waals surface area contributed by atoms with Crippen molar-refractivity contribution in [2.75, 3.05) is 20.2 Å². The minimum absolute atomic E-state index is 0.0173. The number of methoxy groups -OCH3 is 1. The zero-order valence-electron chi connectivity index (χ0n) is 15.8. The molecule has 0 saturated carbocycles. The summed E-state index contributed by atoms with van der Waals surface area (Å²) in [5.41, 5.74) is 1.16. The first-order valence-electron chi connectivity index (χ1n) is 9.07. The van der Waals surface area contributed by atoms with Crippen molar-refractivity contribution in [3.8, 4) is 5.75 Å². The Morgan fingerprint density at radius 3 is 2.39 bits per heavy atom. The first kappa shape index (κ1) is 20.6. The molecule has 3 rings (SSSR count). The fourth-order valence-electron chi connectivity index (χ4n) is 3.20. The summed E-state index contributed by atoms with van der Waals surface area (Å²) in [7, 11) is -2.29. The van der Waals surface area contributed by atoms with Crippen LogP contribution in [0.1, 0.15) is 41.7 Å². The highest BCUT2D eigenvalue weighted by Gasteiger charge is 2.30. The number of sulfonamides is 1. The first-order chi connectivity index (χ1) is 13.3. The van der Waals surface area contributed by atoms with E-state index in [-0.39, 0.29) is 28.2 Å². The number of rotatable bonds is 6. The molecule has 0 aromatic heterocycles. The van der Waals surface area contributed by atoms with E-state index in [2.05, 4.69) is 5.32 Å². The van der Waals surface area contributed by atoms with Gasteiger partial charge in [0.2, 0.25) is 10.0 Å². The molecule has 8 heteroatoms. The molecule has 0 unspecified atom stereocenters. The van der Waals surface area contributed by atoms with Crippen LogP contribution < -0.4 is 10.1 Å². The third kappa shape index (κ3) is 4.32. The van der Waals surface area contributed by atoms with E-state index in [9.17, 15) is 13.2 Å². The van der Waals surface area contributed by atoms with Gasteiger partial charge in [0.15, 0.2) is 0 Å². The maximum atomic E-state index is 13.0. The molecule has 2 aromatic carbocycles. The van der Waals surface area contributed by atoms with Crippen LogP contribution in [0.15, 0.2) is 47.4 Å². The first-order valence-corrected chi connectivity index (χ1v) is 10.9. The molecule has 0 radical (unpaired) electrons. The van der Waals surface area contributed by atoms with Crippen LogP contribution in [0.4, 0.5) is 0 Å². The van der Waals surface area contributed by atoms with Gasteiger partial charge in [0.05, 0.1) is 13.2 Å². The van der Waals surface area contributed by atoms with E-state index in [1.807, 2.05) is 19.1 Å². The van der Waals surface area contributed by atoms with Gasteiger partial charge in [-0.15, -0.1) is 0 Å². The van der Waals surface area contributed by atoms with Gasteiger partial charge < -0.3 is 10.1 Å². The van der Waals surface area contributed by atoms with E-state index < -0.39 is 10.0 Å². The molecule has 1 heterocycles. The number of hydrogen-bond donors (Lipinski definition) is 1. The molecule has 1 N–H and O–H groups in total. The second kappa shape index (κ2) is 8.51. The Kier molecular flexibility index (Phi) is 6.27. The molecule has 6 nitrogen and oxygen atoms in total. The van der Waals surface area contributed by atoms with Gasteiger partial charge >= 0.3 is 0 Å². The van der Waals surface area contributed by atoms with Gasteiger partial charge in [0.1, 0.15) is 10.6 Å². The highest BCUT2D eigenvalue weighted by atomic mass is 35.5. The van der Waals surface area contributed by atoms with Gasteiger partial charge in [0.25, 0.3) is 5.91 Å². The Morgan fingerprint density at radius 1 is 1.14 bits per heavy atom. The van der Waals surface area contributed by atoms with Gasteiger partial charge in [-0.25, -0.2) is 8.42 Å². The standard InChI is InChI=1S/C20H23ClN2O4S/c1-14(15-5-8-17(21)9-6-15)22-20(24)16-7-10-18(27-2)19(13-16)28(25,26)23-11-3-4-12-23/h5-10,13-14H,3-4,11-12H2,1-2H3,(H,22,24)/t14-/m0/s1. The molecule has 1 amide bonds. The second-order valence-corrected chi connectivity index (χ2v) is 9.07. The molecule has 1 aliphatic heterocycles. The Bertz CT molecular complexity index is 955. The highest BCUT2D eigenvalue weighted by molar-refractivity contribution is 7.89. The Morgan fingerprint density at radius 2 is 1.79 bits per heavy atom. The quantitative estimate of drug-likeness (QED) is 0.771. The zero-order chi connectivity index (χ0) is 20.3. The summed E-state index contributed by atoms with van der Waals surface area (Å²) < 4.78 is 32.6. The van der Waals surface area contributed by atoms with E-state index in [1.54, 1.807) is 18.2 Å². The summed E-state index contributed by atoms with van der Waals surface area (Å²) >= 11 is 5.90. The number of hydrogen-bond acceptors (Lipinski definition) is 4. The predicted molar refractivity (Wildman–Crippen MR) is 108 cm³/mol. The van der Waals surface area contributed by atoms with E-state index in [0.717, 1.165) is 18.4 Å². The largest absolute Gasteiger partial charge is 0.495 e. The molecule has 0 bridgehead atoms. The Labute approximate surface area is 170 Å². The maximum Gasteiger partial charge on any atom is 0.251 e. The van der Waals surface area contributed by atoms with Gasteiger partial charge in [-0.3, -0.25) is 4.79 Å². The molecular formula is C20H23ClN2O4S. The van der Waals surface area contributed by atoms with Crippen LogP contribution in [0.3, 0.4) is 0 Å². The molecule has 28 heavy (non-hydrogen) atoms. The minimum Gasteiger partial charge on any atom is -0.495 e. The fourth-order valence-corrected chi connectivity index (χ4v) is 5.03. The van der Waals surface area contributed by atoms with Crippen molar-refractivity contribution in [2.24, 2.45) is 0 Å². The zero-order valence-corrected chi connectivity index (χ0v) is 17.4. The van der Waals surface area contributed by atoms with Gasteiger partial charge in [-0.2, -0.15) is 4.31 Å². The summed E-state index contributed by atoms with van der Waals surface area (Å²) in [5, 5.41) is 3.51. The molecule has 2 aromatic rings. The van der Waals surface area contributed by atoms with E-state index in [4.69, 9.17) is 16.3 Å². The average Bonchev–Trinajstić information content (AvgIpc) is 3.23. The van der Waals surface area contributed by atoms with Crippen molar-refractivity contribution < 1.29 is 17.9 Å². The van der Waals surface area contributed by atoms with Crippen LogP contribution in [0.5, 0.6) is 5.75 Å². The van der Waals surface area contributed by atoms with Crippen LogP contribution >= 0.6 is 11.6 Å². The van der Waals surface area contributed by atoms with Crippen LogP contribution in [-0.2, 0) is 10.0 Å². The van der Waals surface area contributed by atoms with E-state index >= 15 is 0 Å². The van der Waals surface area contributed by atoms with Crippen LogP contribution in [-0.4, -0.2) is 38.8 Å². The van der Waals surface area contributed by atoms with Crippen molar-refractivity contribution in [2.45, 2.75) is 30.7 Å². The third-order valence-corrected chi connectivity index (χ3v) is 7.00. The molecule has 0 spiro atoms. The molecular weight excluding hydrogens is 400 g/mol. The number of carbonyl (C=O) groups is 1. The number of nitrogens with zero attached hydrogens (tertiary/aromatic N) is 1. The summed E-state index contributed by atoms with van der Waals surface area (Å²) in [5.74, 6) is -0.128. The lowest BCUT2D eigenvalue weighted by Gasteiger charge is -2.19.